The molecule has 106 valence electrons. The second kappa shape index (κ2) is 5.76. The molecule has 0 heterocycles. The zero-order valence-electron chi connectivity index (χ0n) is 12.8. The Morgan fingerprint density at radius 3 is 1.85 bits per heavy atom. The Hall–Kier alpha value is -1.67. The Morgan fingerprint density at radius 1 is 0.900 bits per heavy atom. The average Bonchev–Trinajstić information content (AvgIpc) is 2.40. The van der Waals surface area contributed by atoms with Crippen LogP contribution in [0.3, 0.4) is 0 Å². The first-order valence-corrected chi connectivity index (χ1v) is 6.95. The highest BCUT2D eigenvalue weighted by molar-refractivity contribution is 5.44. The molecule has 0 radical (unpaired) electrons. The topological polar surface area (TPSA) is 12.0 Å². The SMILES string of the molecule is CNC(c1cc(C)c(F)c(C)c1)c1c(C)cccc1C. The summed E-state index contributed by atoms with van der Waals surface area (Å²) in [5, 5.41) is 3.37. The lowest BCUT2D eigenvalue weighted by Crippen LogP contribution is -2.20. The molecule has 1 nitrogen and oxygen atoms in total. The van der Waals surface area contributed by atoms with Crippen molar-refractivity contribution in [3.05, 3.63) is 69.5 Å². The molecule has 1 unspecified atom stereocenters. The van der Waals surface area contributed by atoms with Gasteiger partial charge in [-0.1, -0.05) is 30.3 Å². The van der Waals surface area contributed by atoms with Crippen LogP contribution in [0.5, 0.6) is 0 Å². The molecule has 2 rings (SSSR count). The highest BCUT2D eigenvalue weighted by Gasteiger charge is 2.18. The first kappa shape index (κ1) is 14.7. The van der Waals surface area contributed by atoms with Gasteiger partial charge < -0.3 is 5.32 Å². The zero-order valence-corrected chi connectivity index (χ0v) is 12.8. The summed E-state index contributed by atoms with van der Waals surface area (Å²) in [5.41, 5.74) is 6.30. The van der Waals surface area contributed by atoms with Gasteiger partial charge in [-0.2, -0.15) is 0 Å². The monoisotopic (exact) mass is 271 g/mol. The van der Waals surface area contributed by atoms with Crippen LogP contribution in [-0.4, -0.2) is 7.05 Å². The second-order valence-corrected chi connectivity index (χ2v) is 5.50. The molecular weight excluding hydrogens is 249 g/mol. The molecule has 0 fully saturated rings. The van der Waals surface area contributed by atoms with Gasteiger partial charge in [0.05, 0.1) is 6.04 Å². The number of nitrogens with one attached hydrogen (secondary N) is 1. The van der Waals surface area contributed by atoms with E-state index < -0.39 is 0 Å². The van der Waals surface area contributed by atoms with E-state index in [1.807, 2.05) is 33.0 Å². The van der Waals surface area contributed by atoms with Crippen LogP contribution in [0.15, 0.2) is 30.3 Å². The standard InChI is InChI=1S/C18H22FN/c1-11-7-6-8-12(2)16(11)18(20-5)15-9-13(3)17(19)14(4)10-15/h6-10,18,20H,1-5H3. The van der Waals surface area contributed by atoms with Gasteiger partial charge >= 0.3 is 0 Å². The van der Waals surface area contributed by atoms with Gasteiger partial charge in [0.15, 0.2) is 0 Å². The highest BCUT2D eigenvalue weighted by atomic mass is 19.1. The number of hydrogen-bond acceptors (Lipinski definition) is 1. The molecule has 0 bridgehead atoms. The fourth-order valence-corrected chi connectivity index (χ4v) is 2.91. The predicted molar refractivity (Wildman–Crippen MR) is 82.7 cm³/mol. The number of hydrogen-bond donors (Lipinski definition) is 1. The Bertz CT molecular complexity index is 588. The van der Waals surface area contributed by atoms with Crippen LogP contribution in [-0.2, 0) is 0 Å². The Balaban J connectivity index is 2.59. The second-order valence-electron chi connectivity index (χ2n) is 5.50. The van der Waals surface area contributed by atoms with Crippen LogP contribution in [0.2, 0.25) is 0 Å². The number of rotatable bonds is 3. The molecule has 20 heavy (non-hydrogen) atoms. The molecule has 0 saturated carbocycles. The minimum atomic E-state index is -0.106. The number of halogens is 1. The van der Waals surface area contributed by atoms with Gasteiger partial charge in [-0.15, -0.1) is 0 Å². The third-order valence-corrected chi connectivity index (χ3v) is 3.91. The van der Waals surface area contributed by atoms with Gasteiger partial charge in [-0.05, 0) is 68.1 Å². The number of benzene rings is 2. The summed E-state index contributed by atoms with van der Waals surface area (Å²) >= 11 is 0. The van der Waals surface area contributed by atoms with Crippen LogP contribution in [0.25, 0.3) is 0 Å². The van der Waals surface area contributed by atoms with E-state index in [0.717, 1.165) is 5.56 Å². The molecule has 1 N–H and O–H groups in total. The van der Waals surface area contributed by atoms with Crippen molar-refractivity contribution in [1.82, 2.24) is 5.32 Å². The van der Waals surface area contributed by atoms with Gasteiger partial charge in [-0.25, -0.2) is 4.39 Å². The van der Waals surface area contributed by atoms with Crippen LogP contribution in [0, 0.1) is 33.5 Å². The van der Waals surface area contributed by atoms with Crippen molar-refractivity contribution in [2.45, 2.75) is 33.7 Å². The Morgan fingerprint density at radius 2 is 1.40 bits per heavy atom. The van der Waals surface area contributed by atoms with Crippen molar-refractivity contribution in [3.8, 4) is 0 Å². The smallest absolute Gasteiger partial charge is 0.129 e. The molecule has 0 spiro atoms. The quantitative estimate of drug-likeness (QED) is 0.874. The molecule has 1 atom stereocenters. The van der Waals surface area contributed by atoms with Gasteiger partial charge in [0.1, 0.15) is 5.82 Å². The summed E-state index contributed by atoms with van der Waals surface area (Å²) in [4.78, 5) is 0. The van der Waals surface area contributed by atoms with E-state index in [1.165, 1.54) is 16.7 Å². The Labute approximate surface area is 120 Å². The summed E-state index contributed by atoms with van der Waals surface area (Å²) in [6.45, 7) is 7.89. The van der Waals surface area contributed by atoms with Crippen LogP contribution >= 0.6 is 0 Å². The van der Waals surface area contributed by atoms with E-state index in [2.05, 4.69) is 37.4 Å². The highest BCUT2D eigenvalue weighted by Crippen LogP contribution is 2.29. The summed E-state index contributed by atoms with van der Waals surface area (Å²) in [7, 11) is 1.95. The molecule has 2 aromatic carbocycles. The van der Waals surface area contributed by atoms with Gasteiger partial charge in [0.25, 0.3) is 0 Å². The maximum absolute atomic E-state index is 13.8. The van der Waals surface area contributed by atoms with Crippen molar-refractivity contribution in [3.63, 3.8) is 0 Å². The van der Waals surface area contributed by atoms with E-state index in [1.54, 1.807) is 0 Å². The lowest BCUT2D eigenvalue weighted by Gasteiger charge is -2.23. The molecule has 0 aliphatic heterocycles. The lowest BCUT2D eigenvalue weighted by atomic mass is 9.90. The maximum Gasteiger partial charge on any atom is 0.129 e. The van der Waals surface area contributed by atoms with E-state index in [-0.39, 0.29) is 11.9 Å². The van der Waals surface area contributed by atoms with Crippen molar-refractivity contribution in [2.75, 3.05) is 7.05 Å². The third kappa shape index (κ3) is 2.61. The summed E-state index contributed by atoms with van der Waals surface area (Å²) in [6, 6.07) is 10.3. The first-order valence-electron chi connectivity index (χ1n) is 6.95. The van der Waals surface area contributed by atoms with Gasteiger partial charge in [0, 0.05) is 0 Å². The largest absolute Gasteiger partial charge is 0.309 e. The van der Waals surface area contributed by atoms with Gasteiger partial charge in [-0.3, -0.25) is 0 Å². The molecule has 2 aromatic rings. The minimum Gasteiger partial charge on any atom is -0.309 e. The van der Waals surface area contributed by atoms with Crippen molar-refractivity contribution in [1.29, 1.82) is 0 Å². The first-order chi connectivity index (χ1) is 9.45. The predicted octanol–water partition coefficient (Wildman–Crippen LogP) is 4.37. The molecule has 0 aliphatic rings. The average molecular weight is 271 g/mol. The lowest BCUT2D eigenvalue weighted by molar-refractivity contribution is 0.604. The molecule has 0 aromatic heterocycles. The fraction of sp³-hybridized carbons (Fsp3) is 0.333. The number of aryl methyl sites for hydroxylation is 4. The van der Waals surface area contributed by atoms with Crippen molar-refractivity contribution < 1.29 is 4.39 Å². The van der Waals surface area contributed by atoms with Crippen LogP contribution in [0.1, 0.15) is 39.4 Å². The van der Waals surface area contributed by atoms with E-state index >= 15 is 0 Å². The van der Waals surface area contributed by atoms with Gasteiger partial charge in [0.2, 0.25) is 0 Å². The van der Waals surface area contributed by atoms with Crippen molar-refractivity contribution >= 4 is 0 Å². The summed E-state index contributed by atoms with van der Waals surface area (Å²) < 4.78 is 13.8. The molecular formula is C18H22FN. The molecule has 0 aliphatic carbocycles. The molecule has 2 heteroatoms. The minimum absolute atomic E-state index is 0.0919. The summed E-state index contributed by atoms with van der Waals surface area (Å²) in [6.07, 6.45) is 0. The molecule has 0 saturated heterocycles. The van der Waals surface area contributed by atoms with Crippen LogP contribution < -0.4 is 5.32 Å². The molecule has 0 amide bonds. The van der Waals surface area contributed by atoms with E-state index in [9.17, 15) is 4.39 Å². The van der Waals surface area contributed by atoms with Crippen molar-refractivity contribution in [2.24, 2.45) is 0 Å². The maximum atomic E-state index is 13.8. The third-order valence-electron chi connectivity index (χ3n) is 3.91. The Kier molecular flexibility index (Phi) is 4.24. The van der Waals surface area contributed by atoms with E-state index in [0.29, 0.717) is 11.1 Å². The fourth-order valence-electron chi connectivity index (χ4n) is 2.91. The van der Waals surface area contributed by atoms with E-state index in [4.69, 9.17) is 0 Å². The summed E-state index contributed by atoms with van der Waals surface area (Å²) in [5.74, 6) is -0.106. The normalized spacial score (nSPS) is 12.5. The van der Waals surface area contributed by atoms with Crippen LogP contribution in [0.4, 0.5) is 4.39 Å². The zero-order chi connectivity index (χ0) is 14.9.